The highest BCUT2D eigenvalue weighted by Gasteiger charge is 2.51. The van der Waals surface area contributed by atoms with Gasteiger partial charge in [-0.2, -0.15) is 0 Å². The first kappa shape index (κ1) is 11.2. The molecule has 0 radical (unpaired) electrons. The molecular formula is C17H13ClO. The van der Waals surface area contributed by atoms with E-state index in [1.807, 2.05) is 36.4 Å². The molecule has 0 saturated heterocycles. The van der Waals surface area contributed by atoms with Gasteiger partial charge in [0.1, 0.15) is 0 Å². The lowest BCUT2D eigenvalue weighted by molar-refractivity contribution is 0.0734. The van der Waals surface area contributed by atoms with Crippen LogP contribution in [0.4, 0.5) is 0 Å². The Balaban J connectivity index is 1.83. The summed E-state index contributed by atoms with van der Waals surface area (Å²) in [6.07, 6.45) is 0.978. The van der Waals surface area contributed by atoms with Crippen LogP contribution in [-0.2, 0) is 0 Å². The second-order valence-corrected chi connectivity index (χ2v) is 5.92. The third-order valence-electron chi connectivity index (χ3n) is 4.57. The van der Waals surface area contributed by atoms with Crippen molar-refractivity contribution >= 4 is 17.4 Å². The fourth-order valence-corrected chi connectivity index (χ4v) is 3.83. The van der Waals surface area contributed by atoms with Crippen molar-refractivity contribution < 1.29 is 4.79 Å². The molecule has 3 aliphatic carbocycles. The van der Waals surface area contributed by atoms with Crippen LogP contribution in [-0.4, -0.2) is 5.78 Å². The zero-order valence-electron chi connectivity index (χ0n) is 10.3. The van der Waals surface area contributed by atoms with E-state index in [1.54, 1.807) is 0 Å². The topological polar surface area (TPSA) is 17.1 Å². The van der Waals surface area contributed by atoms with Crippen LogP contribution in [0.1, 0.15) is 39.7 Å². The molecular weight excluding hydrogens is 256 g/mol. The minimum Gasteiger partial charge on any atom is -0.294 e. The molecule has 0 N–H and O–H groups in total. The summed E-state index contributed by atoms with van der Waals surface area (Å²) in [4.78, 5) is 12.5. The summed E-state index contributed by atoms with van der Waals surface area (Å²) in [5, 5.41) is 0.726. The van der Waals surface area contributed by atoms with E-state index in [0.717, 1.165) is 22.6 Å². The van der Waals surface area contributed by atoms with Crippen LogP contribution in [0.3, 0.4) is 0 Å². The van der Waals surface area contributed by atoms with Gasteiger partial charge in [-0.15, -0.1) is 0 Å². The van der Waals surface area contributed by atoms with Gasteiger partial charge in [0.05, 0.1) is 0 Å². The normalized spacial score (nSPS) is 27.6. The monoisotopic (exact) mass is 268 g/mol. The van der Waals surface area contributed by atoms with E-state index in [2.05, 4.69) is 12.1 Å². The molecule has 2 heteroatoms. The molecule has 0 aliphatic heterocycles. The Morgan fingerprint density at radius 3 is 2.58 bits per heavy atom. The van der Waals surface area contributed by atoms with Crippen molar-refractivity contribution in [1.29, 1.82) is 0 Å². The Bertz CT molecular complexity index is 662. The molecule has 2 aromatic rings. The molecule has 0 unspecified atom stereocenters. The highest BCUT2D eigenvalue weighted by atomic mass is 35.5. The number of rotatable bonds is 1. The average Bonchev–Trinajstić information content (AvgIpc) is 2.38. The van der Waals surface area contributed by atoms with Crippen LogP contribution in [0.2, 0.25) is 5.02 Å². The smallest absolute Gasteiger partial charge is 0.166 e. The highest BCUT2D eigenvalue weighted by Crippen LogP contribution is 2.59. The maximum absolute atomic E-state index is 12.5. The minimum atomic E-state index is 0.168. The number of halogens is 1. The molecule has 0 aromatic heterocycles. The van der Waals surface area contributed by atoms with E-state index in [0.29, 0.717) is 17.6 Å². The largest absolute Gasteiger partial charge is 0.294 e. The summed E-state index contributed by atoms with van der Waals surface area (Å²) in [5.74, 6) is 1.27. The highest BCUT2D eigenvalue weighted by molar-refractivity contribution is 6.30. The van der Waals surface area contributed by atoms with E-state index < -0.39 is 0 Å². The number of hydrogen-bond acceptors (Lipinski definition) is 1. The summed E-state index contributed by atoms with van der Waals surface area (Å²) >= 11 is 6.09. The summed E-state index contributed by atoms with van der Waals surface area (Å²) in [6, 6.07) is 16.1. The van der Waals surface area contributed by atoms with Gasteiger partial charge in [-0.05, 0) is 41.7 Å². The summed E-state index contributed by atoms with van der Waals surface area (Å²) in [7, 11) is 0. The lowest BCUT2D eigenvalue weighted by Gasteiger charge is -2.49. The first-order valence-corrected chi connectivity index (χ1v) is 7.02. The Morgan fingerprint density at radius 2 is 1.79 bits per heavy atom. The van der Waals surface area contributed by atoms with Gasteiger partial charge in [0.25, 0.3) is 0 Å². The Labute approximate surface area is 117 Å². The predicted molar refractivity (Wildman–Crippen MR) is 75.8 cm³/mol. The summed E-state index contributed by atoms with van der Waals surface area (Å²) < 4.78 is 0. The number of Topliss-reactive ketones (excluding diaryl/α,β-unsaturated/α-hetero) is 1. The molecule has 0 amide bonds. The van der Waals surface area contributed by atoms with Crippen molar-refractivity contribution in [2.45, 2.75) is 18.3 Å². The number of hydrogen-bond donors (Lipinski definition) is 0. The van der Waals surface area contributed by atoms with Gasteiger partial charge in [0.2, 0.25) is 0 Å². The fourth-order valence-electron chi connectivity index (χ4n) is 3.65. The van der Waals surface area contributed by atoms with E-state index in [9.17, 15) is 4.79 Å². The molecule has 1 fully saturated rings. The maximum atomic E-state index is 12.5. The number of benzene rings is 2. The Kier molecular flexibility index (Phi) is 2.33. The fraction of sp³-hybridized carbons (Fsp3) is 0.235. The van der Waals surface area contributed by atoms with Crippen LogP contribution in [0.25, 0.3) is 0 Å². The molecule has 1 saturated carbocycles. The maximum Gasteiger partial charge on any atom is 0.166 e. The van der Waals surface area contributed by atoms with Crippen molar-refractivity contribution in [3.05, 3.63) is 70.2 Å². The second kappa shape index (κ2) is 3.94. The SMILES string of the molecule is O=C1c2ccc(Cl)cc2[C@H]2C[C@@H]1[C@H]2c1ccccc1. The predicted octanol–water partition coefficient (Wildman–Crippen LogP) is 4.42. The van der Waals surface area contributed by atoms with Gasteiger partial charge in [-0.1, -0.05) is 41.9 Å². The zero-order valence-corrected chi connectivity index (χ0v) is 11.1. The molecule has 1 nitrogen and oxygen atoms in total. The lowest BCUT2D eigenvalue weighted by Crippen LogP contribution is -2.43. The van der Waals surface area contributed by atoms with Crippen molar-refractivity contribution in [2.24, 2.45) is 5.92 Å². The minimum absolute atomic E-state index is 0.168. The molecule has 0 heterocycles. The molecule has 19 heavy (non-hydrogen) atoms. The molecule has 2 bridgehead atoms. The molecule has 2 aromatic carbocycles. The van der Waals surface area contributed by atoms with Gasteiger partial charge in [-0.25, -0.2) is 0 Å². The van der Waals surface area contributed by atoms with Crippen molar-refractivity contribution in [1.82, 2.24) is 0 Å². The van der Waals surface area contributed by atoms with Gasteiger partial charge >= 0.3 is 0 Å². The molecule has 5 rings (SSSR count). The summed E-state index contributed by atoms with van der Waals surface area (Å²) in [5.41, 5.74) is 3.31. The molecule has 94 valence electrons. The third kappa shape index (κ3) is 1.51. The van der Waals surface area contributed by atoms with Crippen LogP contribution in [0.5, 0.6) is 0 Å². The van der Waals surface area contributed by atoms with E-state index in [1.165, 1.54) is 5.56 Å². The van der Waals surface area contributed by atoms with Gasteiger partial charge in [0.15, 0.2) is 5.78 Å². The second-order valence-electron chi connectivity index (χ2n) is 5.48. The number of ketones is 1. The van der Waals surface area contributed by atoms with Gasteiger partial charge in [0, 0.05) is 22.4 Å². The van der Waals surface area contributed by atoms with Crippen molar-refractivity contribution in [3.63, 3.8) is 0 Å². The van der Waals surface area contributed by atoms with E-state index in [4.69, 9.17) is 11.6 Å². The summed E-state index contributed by atoms with van der Waals surface area (Å²) in [6.45, 7) is 0. The molecule has 0 spiro atoms. The van der Waals surface area contributed by atoms with Gasteiger partial charge in [-0.3, -0.25) is 4.79 Å². The van der Waals surface area contributed by atoms with Crippen molar-refractivity contribution in [3.8, 4) is 0 Å². The number of carbonyl (C=O) groups excluding carboxylic acids is 1. The van der Waals surface area contributed by atoms with E-state index in [-0.39, 0.29) is 5.92 Å². The molecule has 3 aliphatic rings. The third-order valence-corrected chi connectivity index (χ3v) is 4.81. The van der Waals surface area contributed by atoms with Crippen LogP contribution in [0.15, 0.2) is 48.5 Å². The van der Waals surface area contributed by atoms with E-state index >= 15 is 0 Å². The lowest BCUT2D eigenvalue weighted by atomic mass is 9.53. The van der Waals surface area contributed by atoms with Crippen LogP contribution >= 0.6 is 11.6 Å². The standard InChI is InChI=1S/C17H13ClO/c18-11-6-7-12-13(8-11)14-9-15(17(12)19)16(14)10-4-2-1-3-5-10/h1-8,14-16H,9H2/t14-,15-,16+/m1/s1. The zero-order chi connectivity index (χ0) is 13.0. The quantitative estimate of drug-likeness (QED) is 0.748. The first-order chi connectivity index (χ1) is 9.25. The van der Waals surface area contributed by atoms with Gasteiger partial charge < -0.3 is 0 Å². The van der Waals surface area contributed by atoms with Crippen LogP contribution < -0.4 is 0 Å². The average molecular weight is 269 g/mol. The van der Waals surface area contributed by atoms with Crippen molar-refractivity contribution in [2.75, 3.05) is 0 Å². The Morgan fingerprint density at radius 1 is 1.00 bits per heavy atom. The molecule has 3 atom stereocenters. The first-order valence-electron chi connectivity index (χ1n) is 6.64. The van der Waals surface area contributed by atoms with Crippen LogP contribution in [0, 0.1) is 5.92 Å². The Hall–Kier alpha value is -1.60. The number of carbonyl (C=O) groups is 1.